The number of halogens is 3. The first-order valence-corrected chi connectivity index (χ1v) is 9.71. The Kier molecular flexibility index (Phi) is 8.47. The molecule has 1 aromatic carbocycles. The topological polar surface area (TPSA) is 13.1 Å². The molecule has 0 radical (unpaired) electrons. The first kappa shape index (κ1) is 20.5. The molecular formula is C15H20FI2N3Pt. The zero-order chi connectivity index (χ0) is 16.9. The van der Waals surface area contributed by atoms with E-state index in [0.29, 0.717) is 0 Å². The van der Waals surface area contributed by atoms with E-state index in [2.05, 4.69) is 114 Å². The van der Waals surface area contributed by atoms with Crippen molar-refractivity contribution < 1.29 is 23.7 Å². The van der Waals surface area contributed by atoms with Gasteiger partial charge in [-0.15, -0.1) is 0 Å². The molecule has 0 spiro atoms. The van der Waals surface area contributed by atoms with Crippen molar-refractivity contribution >= 4 is 45.7 Å². The number of nitrogens with zero attached hydrogens (tertiary/aromatic N) is 3. The van der Waals surface area contributed by atoms with Crippen molar-refractivity contribution in [2.24, 2.45) is 7.05 Å². The Hall–Kier alpha value is 0.468. The summed E-state index contributed by atoms with van der Waals surface area (Å²) in [6.45, 7) is 7.45. The standard InChI is InChI=1S/C8H14N2.C7H6FI2N.Pt/c1-8(2,3)10-6-5-9(4)7-10;8-7-3-1-6(2-4-7)5-11(9)10;/h5-6H,1-4H3;1-4H,5H2;. The van der Waals surface area contributed by atoms with Crippen molar-refractivity contribution in [3.63, 3.8) is 0 Å². The number of benzene rings is 1. The Balaban J connectivity index is 0.000000220. The van der Waals surface area contributed by atoms with Gasteiger partial charge in [-0.25, -0.2) is 4.39 Å². The second kappa shape index (κ2) is 9.08. The molecule has 0 aliphatic carbocycles. The summed E-state index contributed by atoms with van der Waals surface area (Å²) in [6, 6.07) is 6.54. The van der Waals surface area contributed by atoms with E-state index in [9.17, 15) is 4.39 Å². The van der Waals surface area contributed by atoms with E-state index in [1.807, 2.05) is 1.33 Å². The van der Waals surface area contributed by atoms with Crippen LogP contribution in [0, 0.1) is 9.62 Å². The first-order chi connectivity index (χ1) is 10.1. The molecule has 1 aromatic heterocycles. The van der Waals surface area contributed by atoms with E-state index in [1.54, 1.807) is 12.1 Å². The van der Waals surface area contributed by atoms with E-state index in [1.165, 1.54) is 15.9 Å². The van der Waals surface area contributed by atoms with Gasteiger partial charge in [-0.3, -0.25) is 0 Å². The SMILES string of the molecule is Cn1ccn(C(C)(C)C)[c]1=[Pt].Fc1ccc(CN(I)I)cc1. The predicted octanol–water partition coefficient (Wildman–Crippen LogP) is 4.99. The molecule has 2 aromatic rings. The molecule has 0 aliphatic heterocycles. The van der Waals surface area contributed by atoms with Gasteiger partial charge in [0, 0.05) is 52.3 Å². The summed E-state index contributed by atoms with van der Waals surface area (Å²) >= 11 is 6.70. The van der Waals surface area contributed by atoms with Crippen molar-refractivity contribution in [1.82, 2.24) is 10.5 Å². The van der Waals surface area contributed by atoms with Crippen LogP contribution in [0.2, 0.25) is 0 Å². The molecule has 7 heteroatoms. The third-order valence-electron chi connectivity index (χ3n) is 2.83. The summed E-state index contributed by atoms with van der Waals surface area (Å²) < 4.78 is 20.0. The molecule has 0 N–H and O–H groups in total. The summed E-state index contributed by atoms with van der Waals surface area (Å²) in [5.41, 5.74) is 1.31. The molecular weight excluding hydrogens is 690 g/mol. The molecule has 2 rings (SSSR count). The normalized spacial score (nSPS) is 11.4. The van der Waals surface area contributed by atoms with Crippen LogP contribution in [-0.2, 0) is 38.5 Å². The number of aromatic nitrogens is 2. The number of hydrogen-bond donors (Lipinski definition) is 0. The molecule has 3 nitrogen and oxygen atoms in total. The molecule has 1 heterocycles. The number of aryl methyl sites for hydroxylation is 1. The minimum absolute atomic E-state index is 0.179. The molecule has 0 saturated carbocycles. The third kappa shape index (κ3) is 6.93. The average molecular weight is 710 g/mol. The first-order valence-electron chi connectivity index (χ1n) is 6.64. The Morgan fingerprint density at radius 1 is 1.14 bits per heavy atom. The van der Waals surface area contributed by atoms with E-state index < -0.39 is 0 Å². The molecule has 0 unspecified atom stereocenters. The number of rotatable bonds is 2. The van der Waals surface area contributed by atoms with Gasteiger partial charge in [-0.05, 0) is 17.7 Å². The molecule has 0 aliphatic rings. The van der Waals surface area contributed by atoms with Crippen LogP contribution in [0.15, 0.2) is 36.7 Å². The Morgan fingerprint density at radius 3 is 2.00 bits per heavy atom. The third-order valence-corrected chi connectivity index (χ3v) is 4.86. The molecule has 0 saturated heterocycles. The monoisotopic (exact) mass is 710 g/mol. The van der Waals surface area contributed by atoms with Crippen molar-refractivity contribution in [3.8, 4) is 0 Å². The predicted molar refractivity (Wildman–Crippen MR) is 102 cm³/mol. The summed E-state index contributed by atoms with van der Waals surface area (Å²) in [6.07, 6.45) is 4.19. The van der Waals surface area contributed by atoms with Gasteiger partial charge in [-0.1, -0.05) is 12.1 Å². The van der Waals surface area contributed by atoms with Gasteiger partial charge in [0.15, 0.2) is 0 Å². The summed E-state index contributed by atoms with van der Waals surface area (Å²) in [5, 5.41) is 0. The minimum atomic E-state index is -0.179. The molecule has 126 valence electrons. The maximum absolute atomic E-state index is 12.4. The minimum Gasteiger partial charge on any atom is -0.207 e. The Labute approximate surface area is 170 Å². The fraction of sp³-hybridized carbons (Fsp3) is 0.400. The number of imidazole rings is 1. The molecule has 0 amide bonds. The van der Waals surface area contributed by atoms with Gasteiger partial charge >= 0.3 is 78.0 Å². The average Bonchev–Trinajstić information content (AvgIpc) is 2.73. The Morgan fingerprint density at radius 2 is 1.68 bits per heavy atom. The summed E-state index contributed by atoms with van der Waals surface area (Å²) in [5.74, 6) is -0.179. The summed E-state index contributed by atoms with van der Waals surface area (Å²) in [7, 11) is 2.06. The quantitative estimate of drug-likeness (QED) is 0.317. The second-order valence-electron chi connectivity index (χ2n) is 5.78. The zero-order valence-corrected chi connectivity index (χ0v) is 19.6. The van der Waals surface area contributed by atoms with Crippen LogP contribution in [0.4, 0.5) is 4.39 Å². The largest absolute Gasteiger partial charge is 0.207 e. The smallest absolute Gasteiger partial charge is 0.123 e. The van der Waals surface area contributed by atoms with Crippen molar-refractivity contribution in [2.45, 2.75) is 32.9 Å². The van der Waals surface area contributed by atoms with E-state index in [4.69, 9.17) is 0 Å². The maximum atomic E-state index is 12.4. The van der Waals surface area contributed by atoms with Crippen molar-refractivity contribution in [1.29, 1.82) is 0 Å². The van der Waals surface area contributed by atoms with Gasteiger partial charge in [0.2, 0.25) is 0 Å². The molecule has 0 atom stereocenters. The van der Waals surface area contributed by atoms with Crippen LogP contribution in [0.25, 0.3) is 0 Å². The van der Waals surface area contributed by atoms with Gasteiger partial charge in [-0.2, -0.15) is 1.33 Å². The fourth-order valence-electron chi connectivity index (χ4n) is 1.66. The fourth-order valence-corrected chi connectivity index (χ4v) is 3.55. The van der Waals surface area contributed by atoms with Gasteiger partial charge in [0.25, 0.3) is 0 Å². The molecule has 22 heavy (non-hydrogen) atoms. The molecule has 0 fully saturated rings. The van der Waals surface area contributed by atoms with Crippen LogP contribution in [0.1, 0.15) is 26.3 Å². The van der Waals surface area contributed by atoms with Crippen LogP contribution < -0.4 is 0 Å². The zero-order valence-electron chi connectivity index (χ0n) is 13.0. The van der Waals surface area contributed by atoms with E-state index in [0.717, 1.165) is 12.1 Å². The van der Waals surface area contributed by atoms with Gasteiger partial charge < -0.3 is 0 Å². The van der Waals surface area contributed by atoms with Crippen molar-refractivity contribution in [2.75, 3.05) is 0 Å². The van der Waals surface area contributed by atoms with Crippen LogP contribution in [0.3, 0.4) is 0 Å². The number of hydrogen-bond acceptors (Lipinski definition) is 1. The van der Waals surface area contributed by atoms with Crippen LogP contribution in [0.5, 0.6) is 0 Å². The molecule has 0 bridgehead atoms. The Bertz CT molecular complexity index is 642. The maximum Gasteiger partial charge on any atom is 0.123 e. The van der Waals surface area contributed by atoms with Crippen LogP contribution in [-0.4, -0.2) is 10.5 Å². The summed E-state index contributed by atoms with van der Waals surface area (Å²) in [4.78, 5) is 0. The van der Waals surface area contributed by atoms with Gasteiger partial charge in [0.05, 0.1) is 0 Å². The van der Waals surface area contributed by atoms with E-state index >= 15 is 0 Å². The van der Waals surface area contributed by atoms with Crippen molar-refractivity contribution in [3.05, 3.63) is 51.8 Å². The van der Waals surface area contributed by atoms with Gasteiger partial charge in [0.1, 0.15) is 5.82 Å². The second-order valence-corrected chi connectivity index (χ2v) is 11.0. The van der Waals surface area contributed by atoms with Crippen LogP contribution >= 0.6 is 45.7 Å². The van der Waals surface area contributed by atoms with E-state index in [-0.39, 0.29) is 11.4 Å².